The van der Waals surface area contributed by atoms with Gasteiger partial charge < -0.3 is 14.4 Å². The summed E-state index contributed by atoms with van der Waals surface area (Å²) in [6.45, 7) is 0.461. The second-order valence-electron chi connectivity index (χ2n) is 6.29. The lowest BCUT2D eigenvalue weighted by atomic mass is 10.2. The number of carbonyl (C=O) groups excluding carboxylic acids is 2. The van der Waals surface area contributed by atoms with Gasteiger partial charge in [0.05, 0.1) is 24.1 Å². The van der Waals surface area contributed by atoms with Gasteiger partial charge in [0.15, 0.2) is 5.69 Å². The topological polar surface area (TPSA) is 106 Å². The zero-order chi connectivity index (χ0) is 21.1. The lowest BCUT2D eigenvalue weighted by molar-refractivity contribution is -0.135. The van der Waals surface area contributed by atoms with E-state index in [9.17, 15) is 14.7 Å². The summed E-state index contributed by atoms with van der Waals surface area (Å²) in [5.74, 6) is -1.28. The zero-order valence-corrected chi connectivity index (χ0v) is 16.7. The molecule has 0 bridgehead atoms. The molecule has 1 aliphatic heterocycles. The quantitative estimate of drug-likeness (QED) is 0.387. The van der Waals surface area contributed by atoms with Gasteiger partial charge in [0, 0.05) is 11.5 Å². The van der Waals surface area contributed by atoms with Crippen molar-refractivity contribution in [1.29, 1.82) is 0 Å². The number of methoxy groups -OCH3 is 1. The van der Waals surface area contributed by atoms with Crippen LogP contribution >= 0.6 is 11.8 Å². The lowest BCUT2D eigenvalue weighted by Gasteiger charge is -2.06. The van der Waals surface area contributed by atoms with Crippen LogP contribution < -0.4 is 0 Å². The third kappa shape index (κ3) is 3.87. The predicted octanol–water partition coefficient (Wildman–Crippen LogP) is 4.17. The molecule has 2 heterocycles. The summed E-state index contributed by atoms with van der Waals surface area (Å²) in [7, 11) is 1.22. The van der Waals surface area contributed by atoms with E-state index in [0.29, 0.717) is 6.54 Å². The summed E-state index contributed by atoms with van der Waals surface area (Å²) in [6, 6.07) is 17.2. The van der Waals surface area contributed by atoms with Gasteiger partial charge in [-0.1, -0.05) is 48.5 Å². The number of rotatable bonds is 4. The van der Waals surface area contributed by atoms with Crippen molar-refractivity contribution in [3.05, 3.63) is 71.1 Å². The SMILES string of the molecule is COC(=O)/C=C1/SC(N=Nc2c(O)n(Cc3ccccc3)c3ccccc23)=NC1=O. The molecule has 30 heavy (non-hydrogen) atoms. The number of aliphatic imine (C=N–C) groups is 1. The van der Waals surface area contributed by atoms with Gasteiger partial charge in [-0.2, -0.15) is 4.99 Å². The number of ether oxygens (including phenoxy) is 1. The van der Waals surface area contributed by atoms with Crippen LogP contribution in [0.5, 0.6) is 5.88 Å². The van der Waals surface area contributed by atoms with Crippen LogP contribution in [0.2, 0.25) is 0 Å². The first-order valence-electron chi connectivity index (χ1n) is 8.93. The highest BCUT2D eigenvalue weighted by Crippen LogP contribution is 2.40. The van der Waals surface area contributed by atoms with Crippen molar-refractivity contribution in [2.24, 2.45) is 15.2 Å². The Morgan fingerprint density at radius 2 is 1.90 bits per heavy atom. The van der Waals surface area contributed by atoms with E-state index in [0.717, 1.165) is 34.3 Å². The maximum Gasteiger partial charge on any atom is 0.331 e. The number of benzene rings is 2. The summed E-state index contributed by atoms with van der Waals surface area (Å²) in [6.07, 6.45) is 1.06. The van der Waals surface area contributed by atoms with E-state index in [1.807, 2.05) is 54.6 Å². The van der Waals surface area contributed by atoms with E-state index < -0.39 is 11.9 Å². The second-order valence-corrected chi connectivity index (χ2v) is 7.30. The van der Waals surface area contributed by atoms with Gasteiger partial charge in [0.25, 0.3) is 5.91 Å². The number of hydrogen-bond acceptors (Lipinski definition) is 7. The van der Waals surface area contributed by atoms with Gasteiger partial charge in [0.1, 0.15) is 0 Å². The van der Waals surface area contributed by atoms with Gasteiger partial charge in [-0.25, -0.2) is 4.79 Å². The molecular formula is C21H16N4O4S. The van der Waals surface area contributed by atoms with Crippen LogP contribution in [0.25, 0.3) is 10.9 Å². The largest absolute Gasteiger partial charge is 0.493 e. The van der Waals surface area contributed by atoms with Crippen molar-refractivity contribution in [2.45, 2.75) is 6.54 Å². The van der Waals surface area contributed by atoms with Crippen molar-refractivity contribution in [3.8, 4) is 5.88 Å². The third-order valence-corrected chi connectivity index (χ3v) is 5.26. The van der Waals surface area contributed by atoms with Crippen molar-refractivity contribution in [1.82, 2.24) is 4.57 Å². The van der Waals surface area contributed by atoms with Crippen molar-refractivity contribution < 1.29 is 19.4 Å². The van der Waals surface area contributed by atoms with Gasteiger partial charge in [-0.15, -0.1) is 10.2 Å². The van der Waals surface area contributed by atoms with Crippen LogP contribution in [-0.4, -0.2) is 33.8 Å². The molecule has 8 nitrogen and oxygen atoms in total. The zero-order valence-electron chi connectivity index (χ0n) is 15.8. The van der Waals surface area contributed by atoms with Gasteiger partial charge in [-0.05, 0) is 23.4 Å². The Hall–Kier alpha value is -3.72. The van der Waals surface area contributed by atoms with E-state index in [4.69, 9.17) is 0 Å². The van der Waals surface area contributed by atoms with Gasteiger partial charge in [-0.3, -0.25) is 4.79 Å². The van der Waals surface area contributed by atoms with E-state index in [-0.39, 0.29) is 21.6 Å². The fourth-order valence-corrected chi connectivity index (χ4v) is 3.69. The number of azo groups is 1. The normalized spacial score (nSPS) is 15.3. The standard InChI is InChI=1S/C21H16N4O4S/c1-29-17(26)11-16-19(27)22-21(30-16)24-23-18-14-9-5-6-10-15(14)25(20(18)28)12-13-7-3-2-4-8-13/h2-11,28H,12H2,1H3/b16-11+,24-23?. The predicted molar refractivity (Wildman–Crippen MR) is 114 cm³/mol. The number of fused-ring (bicyclic) bond motifs is 1. The molecule has 3 aromatic rings. The maximum atomic E-state index is 11.9. The van der Waals surface area contributed by atoms with Gasteiger partial charge >= 0.3 is 5.97 Å². The number of nitrogens with zero attached hydrogens (tertiary/aromatic N) is 4. The molecule has 0 unspecified atom stereocenters. The number of esters is 1. The van der Waals surface area contributed by atoms with Crippen LogP contribution in [0.1, 0.15) is 5.56 Å². The number of amidine groups is 1. The number of hydrogen-bond donors (Lipinski definition) is 1. The minimum absolute atomic E-state index is 0.0379. The number of para-hydroxylation sites is 1. The molecule has 1 N–H and O–H groups in total. The molecule has 0 fully saturated rings. The van der Waals surface area contributed by atoms with Crippen LogP contribution in [-0.2, 0) is 20.9 Å². The number of aromatic nitrogens is 1. The first-order chi connectivity index (χ1) is 14.6. The summed E-state index contributed by atoms with van der Waals surface area (Å²) in [5, 5.41) is 19.8. The molecule has 1 aliphatic rings. The van der Waals surface area contributed by atoms with Crippen molar-refractivity contribution >= 4 is 45.4 Å². The lowest BCUT2D eigenvalue weighted by Crippen LogP contribution is -1.98. The number of thioether (sulfide) groups is 1. The van der Waals surface area contributed by atoms with Crippen molar-refractivity contribution in [2.75, 3.05) is 7.11 Å². The van der Waals surface area contributed by atoms with Crippen LogP contribution in [0.15, 0.2) is 80.8 Å². The van der Waals surface area contributed by atoms with Gasteiger partial charge in [0.2, 0.25) is 11.0 Å². The summed E-state index contributed by atoms with van der Waals surface area (Å²) >= 11 is 0.914. The highest BCUT2D eigenvalue weighted by Gasteiger charge is 2.24. The number of carbonyl (C=O) groups is 2. The molecule has 4 rings (SSSR count). The molecule has 2 aromatic carbocycles. The summed E-state index contributed by atoms with van der Waals surface area (Å²) < 4.78 is 6.27. The third-order valence-electron chi connectivity index (χ3n) is 4.40. The molecule has 9 heteroatoms. The van der Waals surface area contributed by atoms with E-state index >= 15 is 0 Å². The number of aromatic hydroxyl groups is 1. The Kier molecular flexibility index (Phi) is 5.44. The van der Waals surface area contributed by atoms with E-state index in [1.54, 1.807) is 4.57 Å². The molecular weight excluding hydrogens is 404 g/mol. The molecule has 0 atom stereocenters. The Balaban J connectivity index is 1.66. The second kappa shape index (κ2) is 8.34. The summed E-state index contributed by atoms with van der Waals surface area (Å²) in [5.41, 5.74) is 2.11. The Morgan fingerprint density at radius 3 is 2.67 bits per heavy atom. The van der Waals surface area contributed by atoms with Crippen molar-refractivity contribution in [3.63, 3.8) is 0 Å². The Bertz CT molecular complexity index is 1230. The average molecular weight is 420 g/mol. The molecule has 0 spiro atoms. The highest BCUT2D eigenvalue weighted by molar-refractivity contribution is 8.18. The molecule has 0 aliphatic carbocycles. The monoisotopic (exact) mass is 420 g/mol. The molecule has 0 saturated carbocycles. The Labute approximate surface area is 175 Å². The minimum Gasteiger partial charge on any atom is -0.493 e. The fourth-order valence-electron chi connectivity index (χ4n) is 3.00. The van der Waals surface area contributed by atoms with E-state index in [1.165, 1.54) is 7.11 Å². The minimum atomic E-state index is -0.652. The number of amides is 1. The van der Waals surface area contributed by atoms with Crippen LogP contribution in [0.3, 0.4) is 0 Å². The first-order valence-corrected chi connectivity index (χ1v) is 9.75. The van der Waals surface area contributed by atoms with Crippen LogP contribution in [0, 0.1) is 0 Å². The molecule has 0 radical (unpaired) electrons. The fraction of sp³-hybridized carbons (Fsp3) is 0.0952. The highest BCUT2D eigenvalue weighted by atomic mass is 32.2. The molecule has 0 saturated heterocycles. The average Bonchev–Trinajstić information content (AvgIpc) is 3.24. The smallest absolute Gasteiger partial charge is 0.331 e. The van der Waals surface area contributed by atoms with Crippen LogP contribution in [0.4, 0.5) is 5.69 Å². The first kappa shape index (κ1) is 19.6. The molecule has 1 amide bonds. The molecule has 1 aromatic heterocycles. The summed E-state index contributed by atoms with van der Waals surface area (Å²) in [4.78, 5) is 27.1. The Morgan fingerprint density at radius 1 is 1.17 bits per heavy atom. The molecule has 150 valence electrons. The maximum absolute atomic E-state index is 11.9. The van der Waals surface area contributed by atoms with E-state index in [2.05, 4.69) is 20.0 Å².